The zero-order valence-electron chi connectivity index (χ0n) is 14.4. The van der Waals surface area contributed by atoms with Gasteiger partial charge in [0.25, 0.3) is 5.91 Å². The molecule has 0 unspecified atom stereocenters. The van der Waals surface area contributed by atoms with Gasteiger partial charge in [0, 0.05) is 12.2 Å². The molecule has 1 aromatic heterocycles. The highest BCUT2D eigenvalue weighted by Crippen LogP contribution is 2.19. The first-order chi connectivity index (χ1) is 11.5. The van der Waals surface area contributed by atoms with Crippen LogP contribution in [0.3, 0.4) is 0 Å². The van der Waals surface area contributed by atoms with Crippen molar-refractivity contribution in [3.8, 4) is 5.75 Å². The smallest absolute Gasteiger partial charge is 0.355 e. The maximum absolute atomic E-state index is 12.5. The van der Waals surface area contributed by atoms with Crippen molar-refractivity contribution in [2.24, 2.45) is 0 Å². The molecule has 128 valence electrons. The SMILES string of the molecule is CCOC(=O)c1[nH]c(C)c(C(=O)NCc2cccc(OC)c2)c1C. The van der Waals surface area contributed by atoms with E-state index in [1.54, 1.807) is 27.9 Å². The molecular weight excluding hydrogens is 308 g/mol. The predicted molar refractivity (Wildman–Crippen MR) is 90.4 cm³/mol. The van der Waals surface area contributed by atoms with E-state index < -0.39 is 5.97 Å². The lowest BCUT2D eigenvalue weighted by Crippen LogP contribution is -2.24. The van der Waals surface area contributed by atoms with E-state index in [0.717, 1.165) is 11.3 Å². The second-order valence-electron chi connectivity index (χ2n) is 5.38. The van der Waals surface area contributed by atoms with Gasteiger partial charge in [-0.05, 0) is 44.0 Å². The van der Waals surface area contributed by atoms with Gasteiger partial charge in [-0.15, -0.1) is 0 Å². The first-order valence-electron chi connectivity index (χ1n) is 7.75. The third-order valence-corrected chi connectivity index (χ3v) is 3.73. The van der Waals surface area contributed by atoms with Crippen molar-refractivity contribution in [3.63, 3.8) is 0 Å². The van der Waals surface area contributed by atoms with Crippen LogP contribution in [0.25, 0.3) is 0 Å². The minimum atomic E-state index is -0.454. The summed E-state index contributed by atoms with van der Waals surface area (Å²) in [7, 11) is 1.60. The maximum Gasteiger partial charge on any atom is 0.355 e. The van der Waals surface area contributed by atoms with E-state index in [4.69, 9.17) is 9.47 Å². The van der Waals surface area contributed by atoms with Gasteiger partial charge >= 0.3 is 5.97 Å². The molecule has 1 amide bonds. The van der Waals surface area contributed by atoms with Gasteiger partial charge in [0.15, 0.2) is 0 Å². The van der Waals surface area contributed by atoms with Gasteiger partial charge in [0.05, 0.1) is 19.3 Å². The molecule has 0 aliphatic carbocycles. The Morgan fingerprint density at radius 1 is 1.25 bits per heavy atom. The first-order valence-corrected chi connectivity index (χ1v) is 7.75. The molecule has 2 rings (SSSR count). The fourth-order valence-corrected chi connectivity index (χ4v) is 2.55. The number of carbonyl (C=O) groups excluding carboxylic acids is 2. The van der Waals surface area contributed by atoms with E-state index in [2.05, 4.69) is 10.3 Å². The fraction of sp³-hybridized carbons (Fsp3) is 0.333. The number of hydrogen-bond donors (Lipinski definition) is 2. The normalized spacial score (nSPS) is 10.3. The predicted octanol–water partition coefficient (Wildman–Crippen LogP) is 2.75. The van der Waals surface area contributed by atoms with E-state index >= 15 is 0 Å². The molecule has 6 heteroatoms. The summed E-state index contributed by atoms with van der Waals surface area (Å²) in [4.78, 5) is 27.3. The van der Waals surface area contributed by atoms with Crippen LogP contribution in [0.5, 0.6) is 5.75 Å². The Morgan fingerprint density at radius 3 is 2.67 bits per heavy atom. The van der Waals surface area contributed by atoms with Crippen LogP contribution in [-0.2, 0) is 11.3 Å². The number of hydrogen-bond acceptors (Lipinski definition) is 4. The molecule has 0 atom stereocenters. The highest BCUT2D eigenvalue weighted by atomic mass is 16.5. The zero-order chi connectivity index (χ0) is 17.7. The van der Waals surface area contributed by atoms with Crippen LogP contribution in [0.2, 0.25) is 0 Å². The van der Waals surface area contributed by atoms with Gasteiger partial charge in [-0.1, -0.05) is 12.1 Å². The summed E-state index contributed by atoms with van der Waals surface area (Å²) in [5, 5.41) is 2.87. The number of amides is 1. The molecule has 0 saturated heterocycles. The lowest BCUT2D eigenvalue weighted by Gasteiger charge is -2.08. The maximum atomic E-state index is 12.5. The van der Waals surface area contributed by atoms with Gasteiger partial charge in [-0.25, -0.2) is 4.79 Å². The van der Waals surface area contributed by atoms with Crippen molar-refractivity contribution in [3.05, 3.63) is 52.3 Å². The third kappa shape index (κ3) is 3.76. The average Bonchev–Trinajstić information content (AvgIpc) is 2.88. The van der Waals surface area contributed by atoms with Crippen LogP contribution < -0.4 is 10.1 Å². The van der Waals surface area contributed by atoms with E-state index in [1.807, 2.05) is 24.3 Å². The third-order valence-electron chi connectivity index (χ3n) is 3.73. The molecule has 0 radical (unpaired) electrons. The standard InChI is InChI=1S/C18H22N2O4/c1-5-24-18(22)16-11(2)15(12(3)20-16)17(21)19-10-13-7-6-8-14(9-13)23-4/h6-9,20H,5,10H2,1-4H3,(H,19,21). The molecule has 2 N–H and O–H groups in total. The Bertz CT molecular complexity index is 749. The van der Waals surface area contributed by atoms with E-state index in [9.17, 15) is 9.59 Å². The van der Waals surface area contributed by atoms with Crippen molar-refractivity contribution < 1.29 is 19.1 Å². The Hall–Kier alpha value is -2.76. The molecule has 0 fully saturated rings. The number of H-pyrrole nitrogens is 1. The number of ether oxygens (including phenoxy) is 2. The fourth-order valence-electron chi connectivity index (χ4n) is 2.55. The van der Waals surface area contributed by atoms with Crippen LogP contribution in [0, 0.1) is 13.8 Å². The Balaban J connectivity index is 2.13. The highest BCUT2D eigenvalue weighted by molar-refractivity contribution is 6.01. The molecular formula is C18H22N2O4. The molecule has 0 saturated carbocycles. The van der Waals surface area contributed by atoms with Gasteiger partial charge < -0.3 is 19.8 Å². The molecule has 0 spiro atoms. The van der Waals surface area contributed by atoms with E-state index in [1.165, 1.54) is 0 Å². The van der Waals surface area contributed by atoms with Crippen LogP contribution in [0.1, 0.15) is 44.6 Å². The number of nitrogens with one attached hydrogen (secondary N) is 2. The Labute approximate surface area is 141 Å². The van der Waals surface area contributed by atoms with Gasteiger partial charge in [-0.2, -0.15) is 0 Å². The number of rotatable bonds is 6. The monoisotopic (exact) mass is 330 g/mol. The average molecular weight is 330 g/mol. The summed E-state index contributed by atoms with van der Waals surface area (Å²) in [5.74, 6) is 0.0462. The topological polar surface area (TPSA) is 80.4 Å². The highest BCUT2D eigenvalue weighted by Gasteiger charge is 2.22. The van der Waals surface area contributed by atoms with Gasteiger partial charge in [0.2, 0.25) is 0 Å². The van der Waals surface area contributed by atoms with Crippen LogP contribution in [0.15, 0.2) is 24.3 Å². The molecule has 0 bridgehead atoms. The van der Waals surface area contributed by atoms with Gasteiger partial charge in [-0.3, -0.25) is 4.79 Å². The number of methoxy groups -OCH3 is 1. The van der Waals surface area contributed by atoms with Crippen LogP contribution in [-0.4, -0.2) is 30.6 Å². The molecule has 0 aliphatic rings. The number of benzene rings is 1. The van der Waals surface area contributed by atoms with Crippen LogP contribution >= 0.6 is 0 Å². The number of aromatic nitrogens is 1. The quantitative estimate of drug-likeness (QED) is 0.798. The van der Waals surface area contributed by atoms with E-state index in [-0.39, 0.29) is 12.5 Å². The lowest BCUT2D eigenvalue weighted by molar-refractivity contribution is 0.0519. The summed E-state index contributed by atoms with van der Waals surface area (Å²) in [6.07, 6.45) is 0. The second kappa shape index (κ2) is 7.68. The zero-order valence-corrected chi connectivity index (χ0v) is 14.4. The molecule has 1 heterocycles. The molecule has 1 aromatic carbocycles. The lowest BCUT2D eigenvalue weighted by atomic mass is 10.1. The van der Waals surface area contributed by atoms with Gasteiger partial charge in [0.1, 0.15) is 11.4 Å². The Morgan fingerprint density at radius 2 is 2.00 bits per heavy atom. The first kappa shape index (κ1) is 17.6. The minimum Gasteiger partial charge on any atom is -0.497 e. The number of aromatic amines is 1. The van der Waals surface area contributed by atoms with Crippen molar-refractivity contribution >= 4 is 11.9 Å². The molecule has 2 aromatic rings. The molecule has 24 heavy (non-hydrogen) atoms. The van der Waals surface area contributed by atoms with E-state index in [0.29, 0.717) is 29.1 Å². The molecule has 6 nitrogen and oxygen atoms in total. The van der Waals surface area contributed by atoms with Crippen LogP contribution in [0.4, 0.5) is 0 Å². The summed E-state index contributed by atoms with van der Waals surface area (Å²) in [6.45, 7) is 5.89. The van der Waals surface area contributed by atoms with Crippen molar-refractivity contribution in [1.29, 1.82) is 0 Å². The Kier molecular flexibility index (Phi) is 5.63. The minimum absolute atomic E-state index is 0.236. The second-order valence-corrected chi connectivity index (χ2v) is 5.38. The van der Waals surface area contributed by atoms with Crippen molar-refractivity contribution in [2.45, 2.75) is 27.3 Å². The largest absolute Gasteiger partial charge is 0.497 e. The number of esters is 1. The number of aryl methyl sites for hydroxylation is 1. The summed E-state index contributed by atoms with van der Waals surface area (Å²) in [5.41, 5.74) is 2.95. The summed E-state index contributed by atoms with van der Waals surface area (Å²) in [6, 6.07) is 7.48. The summed E-state index contributed by atoms with van der Waals surface area (Å²) < 4.78 is 10.2. The molecule has 0 aliphatic heterocycles. The van der Waals surface area contributed by atoms with Crippen molar-refractivity contribution in [1.82, 2.24) is 10.3 Å². The summed E-state index contributed by atoms with van der Waals surface area (Å²) >= 11 is 0. The van der Waals surface area contributed by atoms with Crippen molar-refractivity contribution in [2.75, 3.05) is 13.7 Å². The number of carbonyl (C=O) groups is 2.